The lowest BCUT2D eigenvalue weighted by atomic mass is 10.1. The Morgan fingerprint density at radius 2 is 2.12 bits per heavy atom. The highest BCUT2D eigenvalue weighted by molar-refractivity contribution is 6.04. The third kappa shape index (κ3) is 2.97. The van der Waals surface area contributed by atoms with Crippen molar-refractivity contribution < 1.29 is 9.53 Å². The number of amides is 1. The maximum absolute atomic E-state index is 12.7. The monoisotopic (exact) mass is 335 g/mol. The van der Waals surface area contributed by atoms with E-state index in [1.54, 1.807) is 44.1 Å². The quantitative estimate of drug-likeness (QED) is 0.794. The first kappa shape index (κ1) is 16.3. The lowest BCUT2D eigenvalue weighted by molar-refractivity contribution is 0.0984. The van der Waals surface area contributed by atoms with Crippen molar-refractivity contribution in [3.8, 4) is 23.1 Å². The van der Waals surface area contributed by atoms with Gasteiger partial charge in [0.05, 0.1) is 18.4 Å². The van der Waals surface area contributed by atoms with Gasteiger partial charge < -0.3 is 9.30 Å². The lowest BCUT2D eigenvalue weighted by Crippen LogP contribution is -2.28. The van der Waals surface area contributed by atoms with Gasteiger partial charge in [0.2, 0.25) is 0 Å². The molecule has 0 bridgehead atoms. The second kappa shape index (κ2) is 6.53. The molecular formula is C18H17N5O2. The number of rotatable bonds is 4. The molecule has 0 aliphatic carbocycles. The third-order valence-corrected chi connectivity index (χ3v) is 3.96. The minimum atomic E-state index is -0.248. The number of methoxy groups -OCH3 is 1. The average molecular weight is 335 g/mol. The van der Waals surface area contributed by atoms with Crippen molar-refractivity contribution in [2.75, 3.05) is 19.1 Å². The van der Waals surface area contributed by atoms with Crippen molar-refractivity contribution in [2.24, 2.45) is 7.05 Å². The molecule has 3 rings (SSSR count). The Labute approximate surface area is 145 Å². The van der Waals surface area contributed by atoms with Gasteiger partial charge in [-0.05, 0) is 18.2 Å². The van der Waals surface area contributed by atoms with Crippen LogP contribution in [0.2, 0.25) is 0 Å². The van der Waals surface area contributed by atoms with Crippen molar-refractivity contribution in [3.05, 3.63) is 53.9 Å². The van der Waals surface area contributed by atoms with Crippen LogP contribution in [0.5, 0.6) is 5.75 Å². The number of H-pyrrole nitrogens is 1. The molecule has 7 heteroatoms. The third-order valence-electron chi connectivity index (χ3n) is 3.96. The fraction of sp³-hybridized carbons (Fsp3) is 0.167. The largest absolute Gasteiger partial charge is 0.496 e. The minimum Gasteiger partial charge on any atom is -0.496 e. The highest BCUT2D eigenvalue weighted by atomic mass is 16.5. The van der Waals surface area contributed by atoms with E-state index in [0.29, 0.717) is 22.8 Å². The predicted molar refractivity (Wildman–Crippen MR) is 93.4 cm³/mol. The molecule has 7 nitrogen and oxygen atoms in total. The van der Waals surface area contributed by atoms with Crippen molar-refractivity contribution in [3.63, 3.8) is 0 Å². The molecule has 126 valence electrons. The molecule has 3 aromatic rings. The summed E-state index contributed by atoms with van der Waals surface area (Å²) < 4.78 is 6.98. The number of benzene rings is 1. The van der Waals surface area contributed by atoms with Gasteiger partial charge in [0.15, 0.2) is 5.82 Å². The number of nitrogens with zero attached hydrogens (tertiary/aromatic N) is 4. The summed E-state index contributed by atoms with van der Waals surface area (Å²) >= 11 is 0. The number of nitrogens with one attached hydrogen (secondary N) is 1. The van der Waals surface area contributed by atoms with Gasteiger partial charge in [-0.15, -0.1) is 0 Å². The number of ether oxygens (including phenoxy) is 1. The SMILES string of the molecule is COc1ccccc1-c1cc(N(C)C(=O)c2cc(C#N)cn2C)n[nH]1. The number of hydrogen-bond acceptors (Lipinski definition) is 4. The second-order valence-electron chi connectivity index (χ2n) is 5.54. The Morgan fingerprint density at radius 1 is 1.36 bits per heavy atom. The summed E-state index contributed by atoms with van der Waals surface area (Å²) in [5.74, 6) is 0.945. The minimum absolute atomic E-state index is 0.248. The van der Waals surface area contributed by atoms with Crippen LogP contribution in [0.15, 0.2) is 42.6 Å². The van der Waals surface area contributed by atoms with Crippen molar-refractivity contribution in [1.29, 1.82) is 5.26 Å². The van der Waals surface area contributed by atoms with Crippen LogP contribution in [0.3, 0.4) is 0 Å². The Morgan fingerprint density at radius 3 is 2.80 bits per heavy atom. The topological polar surface area (TPSA) is 86.9 Å². The first-order chi connectivity index (χ1) is 12.0. The van der Waals surface area contributed by atoms with E-state index >= 15 is 0 Å². The van der Waals surface area contributed by atoms with Crippen LogP contribution in [0, 0.1) is 11.3 Å². The van der Waals surface area contributed by atoms with Gasteiger partial charge in [-0.25, -0.2) is 0 Å². The number of carbonyl (C=O) groups is 1. The van der Waals surface area contributed by atoms with Gasteiger partial charge in [0.1, 0.15) is 17.5 Å². The molecule has 1 aromatic carbocycles. The molecule has 0 atom stereocenters. The van der Waals surface area contributed by atoms with Gasteiger partial charge in [-0.3, -0.25) is 14.8 Å². The van der Waals surface area contributed by atoms with Crippen molar-refractivity contribution in [2.45, 2.75) is 0 Å². The number of anilines is 1. The number of aromatic amines is 1. The summed E-state index contributed by atoms with van der Waals surface area (Å²) in [5, 5.41) is 16.1. The average Bonchev–Trinajstić information content (AvgIpc) is 3.27. The zero-order valence-electron chi connectivity index (χ0n) is 14.1. The van der Waals surface area contributed by atoms with Crippen LogP contribution in [0.4, 0.5) is 5.82 Å². The van der Waals surface area contributed by atoms with E-state index in [0.717, 1.165) is 11.3 Å². The number of para-hydroxylation sites is 1. The van der Waals surface area contributed by atoms with E-state index in [1.807, 2.05) is 30.3 Å². The predicted octanol–water partition coefficient (Wildman–Crippen LogP) is 2.57. The standard InChI is InChI=1S/C18H17N5O2/c1-22-11-12(10-19)8-15(22)18(24)23(2)17-9-14(20-21-17)13-6-4-5-7-16(13)25-3/h4-9,11H,1-3H3,(H,20,21). The highest BCUT2D eigenvalue weighted by Crippen LogP contribution is 2.30. The van der Waals surface area contributed by atoms with E-state index < -0.39 is 0 Å². The van der Waals surface area contributed by atoms with Crippen LogP contribution in [-0.4, -0.2) is 34.8 Å². The maximum Gasteiger partial charge on any atom is 0.275 e. The van der Waals surface area contributed by atoms with E-state index in [2.05, 4.69) is 10.2 Å². The van der Waals surface area contributed by atoms with Crippen LogP contribution in [0.25, 0.3) is 11.3 Å². The molecule has 1 N–H and O–H groups in total. The zero-order valence-corrected chi connectivity index (χ0v) is 14.1. The maximum atomic E-state index is 12.7. The Hall–Kier alpha value is -3.53. The molecule has 0 aliphatic rings. The molecule has 0 saturated carbocycles. The zero-order chi connectivity index (χ0) is 18.0. The normalized spacial score (nSPS) is 10.3. The van der Waals surface area contributed by atoms with Crippen molar-refractivity contribution in [1.82, 2.24) is 14.8 Å². The number of nitriles is 1. The summed E-state index contributed by atoms with van der Waals surface area (Å²) in [5.41, 5.74) is 2.46. The smallest absolute Gasteiger partial charge is 0.275 e. The summed E-state index contributed by atoms with van der Waals surface area (Å²) in [6, 6.07) is 12.9. The molecule has 2 heterocycles. The summed E-state index contributed by atoms with van der Waals surface area (Å²) in [4.78, 5) is 14.1. The van der Waals surface area contributed by atoms with Crippen LogP contribution < -0.4 is 9.64 Å². The molecule has 0 fully saturated rings. The summed E-state index contributed by atoms with van der Waals surface area (Å²) in [6.07, 6.45) is 1.62. The Balaban J connectivity index is 1.90. The second-order valence-corrected chi connectivity index (χ2v) is 5.54. The van der Waals surface area contributed by atoms with Gasteiger partial charge in [0, 0.05) is 31.9 Å². The number of aromatic nitrogens is 3. The van der Waals surface area contributed by atoms with E-state index in [9.17, 15) is 4.79 Å². The van der Waals surface area contributed by atoms with Crippen molar-refractivity contribution >= 4 is 11.7 Å². The fourth-order valence-corrected chi connectivity index (χ4v) is 2.60. The van der Waals surface area contributed by atoms with E-state index in [4.69, 9.17) is 10.00 Å². The number of hydrogen-bond donors (Lipinski definition) is 1. The molecule has 0 aliphatic heterocycles. The van der Waals surface area contributed by atoms with Gasteiger partial charge in [-0.1, -0.05) is 12.1 Å². The molecule has 0 radical (unpaired) electrons. The van der Waals surface area contributed by atoms with Gasteiger partial charge in [0.25, 0.3) is 5.91 Å². The fourth-order valence-electron chi connectivity index (χ4n) is 2.60. The van der Waals surface area contributed by atoms with Crippen LogP contribution >= 0.6 is 0 Å². The lowest BCUT2D eigenvalue weighted by Gasteiger charge is -2.14. The molecule has 2 aromatic heterocycles. The number of carbonyl (C=O) groups excluding carboxylic acids is 1. The molecule has 0 unspecified atom stereocenters. The van der Waals surface area contributed by atoms with E-state index in [-0.39, 0.29) is 5.91 Å². The molecule has 1 amide bonds. The Bertz CT molecular complexity index is 964. The first-order valence-corrected chi connectivity index (χ1v) is 7.58. The highest BCUT2D eigenvalue weighted by Gasteiger charge is 2.20. The van der Waals surface area contributed by atoms with Gasteiger partial charge >= 0.3 is 0 Å². The Kier molecular flexibility index (Phi) is 4.27. The van der Waals surface area contributed by atoms with E-state index in [1.165, 1.54) is 4.90 Å². The number of aryl methyl sites for hydroxylation is 1. The molecule has 0 saturated heterocycles. The molecule has 25 heavy (non-hydrogen) atoms. The van der Waals surface area contributed by atoms with Crippen LogP contribution in [-0.2, 0) is 7.05 Å². The molecular weight excluding hydrogens is 318 g/mol. The summed E-state index contributed by atoms with van der Waals surface area (Å²) in [7, 11) is 4.98. The molecule has 0 spiro atoms. The summed E-state index contributed by atoms with van der Waals surface area (Å²) in [6.45, 7) is 0. The van der Waals surface area contributed by atoms with Gasteiger partial charge in [-0.2, -0.15) is 10.4 Å². The first-order valence-electron chi connectivity index (χ1n) is 7.58. The van der Waals surface area contributed by atoms with Crippen LogP contribution in [0.1, 0.15) is 16.1 Å².